The van der Waals surface area contributed by atoms with E-state index in [-0.39, 0.29) is 12.3 Å². The molecule has 1 saturated carbocycles. The molecule has 1 aliphatic carbocycles. The molecule has 0 radical (unpaired) electrons. The molecule has 180 valence electrons. The van der Waals surface area contributed by atoms with Gasteiger partial charge >= 0.3 is 0 Å². The maximum atomic E-state index is 10.6. The van der Waals surface area contributed by atoms with Crippen LogP contribution >= 0.6 is 23.8 Å². The summed E-state index contributed by atoms with van der Waals surface area (Å²) in [4.78, 5) is 0. The van der Waals surface area contributed by atoms with Crippen LogP contribution in [0.2, 0.25) is 5.02 Å². The summed E-state index contributed by atoms with van der Waals surface area (Å²) in [6.07, 6.45) is 5.86. The first-order chi connectivity index (χ1) is 16.5. The van der Waals surface area contributed by atoms with Crippen molar-refractivity contribution in [2.75, 3.05) is 13.1 Å². The van der Waals surface area contributed by atoms with Crippen LogP contribution in [0.3, 0.4) is 0 Å². The number of nitrogens with one attached hydrogen (secondary N) is 2. The summed E-state index contributed by atoms with van der Waals surface area (Å²) in [5.74, 6) is 0.759. The van der Waals surface area contributed by atoms with E-state index in [9.17, 15) is 5.11 Å². The van der Waals surface area contributed by atoms with Crippen molar-refractivity contribution < 1.29 is 9.84 Å². The molecule has 1 aromatic heterocycles. The maximum Gasteiger partial charge on any atom is 0.166 e. The highest BCUT2D eigenvalue weighted by Crippen LogP contribution is 2.40. The van der Waals surface area contributed by atoms with Gasteiger partial charge in [-0.25, -0.2) is 0 Å². The van der Waals surface area contributed by atoms with Gasteiger partial charge < -0.3 is 25.0 Å². The number of aromatic nitrogens is 1. The first-order valence-electron chi connectivity index (χ1n) is 12.2. The Kier molecular flexibility index (Phi) is 7.11. The normalized spacial score (nSPS) is 22.6. The number of rotatable bonds is 7. The standard InChI is InChI=1S/C27H32ClN3O2S/c1-2-29-27(34)30-15-22-13-21(32)14-25(33-22)31-16-20(26-23(28)4-3-5-24(26)31)12-17-6-8-18(9-7-17)19-10-11-19/h3-9,16,19,21-22,25,32H,2,10-15H2,1H3,(H2,29,30,34). The molecule has 5 nitrogen and oxygen atoms in total. The molecular weight excluding hydrogens is 466 g/mol. The highest BCUT2D eigenvalue weighted by Gasteiger charge is 2.31. The molecule has 34 heavy (non-hydrogen) atoms. The van der Waals surface area contributed by atoms with Crippen molar-refractivity contribution in [3.8, 4) is 0 Å². The fraction of sp³-hybridized carbons (Fsp3) is 0.444. The first-order valence-corrected chi connectivity index (χ1v) is 13.0. The Labute approximate surface area is 211 Å². The molecule has 1 saturated heterocycles. The van der Waals surface area contributed by atoms with Gasteiger partial charge in [0.15, 0.2) is 5.11 Å². The molecule has 3 atom stereocenters. The zero-order chi connectivity index (χ0) is 23.7. The van der Waals surface area contributed by atoms with Gasteiger partial charge in [-0.15, -0.1) is 0 Å². The van der Waals surface area contributed by atoms with Gasteiger partial charge in [-0.05, 0) is 73.1 Å². The van der Waals surface area contributed by atoms with E-state index in [1.165, 1.54) is 29.5 Å². The molecule has 0 amide bonds. The number of hydrogen-bond acceptors (Lipinski definition) is 3. The van der Waals surface area contributed by atoms with E-state index in [0.29, 0.717) is 24.5 Å². The molecule has 0 spiro atoms. The third-order valence-corrected chi connectivity index (χ3v) is 7.41. The van der Waals surface area contributed by atoms with E-state index in [4.69, 9.17) is 28.6 Å². The molecule has 7 heteroatoms. The number of thiocarbonyl (C=S) groups is 1. The highest BCUT2D eigenvalue weighted by molar-refractivity contribution is 7.80. The number of benzene rings is 2. The van der Waals surface area contributed by atoms with E-state index in [0.717, 1.165) is 34.8 Å². The van der Waals surface area contributed by atoms with Crippen LogP contribution in [0.5, 0.6) is 0 Å². The van der Waals surface area contributed by atoms with Crippen LogP contribution in [0, 0.1) is 0 Å². The zero-order valence-corrected chi connectivity index (χ0v) is 21.0. The quantitative estimate of drug-likeness (QED) is 0.387. The third kappa shape index (κ3) is 5.25. The minimum absolute atomic E-state index is 0.139. The van der Waals surface area contributed by atoms with Gasteiger partial charge in [0.1, 0.15) is 6.23 Å². The Hall–Kier alpha value is -2.12. The van der Waals surface area contributed by atoms with Crippen LogP contribution < -0.4 is 10.6 Å². The van der Waals surface area contributed by atoms with E-state index in [1.807, 2.05) is 19.1 Å². The Balaban J connectivity index is 1.39. The molecule has 2 fully saturated rings. The molecule has 5 rings (SSSR count). The fourth-order valence-corrected chi connectivity index (χ4v) is 5.49. The van der Waals surface area contributed by atoms with Gasteiger partial charge in [0, 0.05) is 37.5 Å². The van der Waals surface area contributed by atoms with Crippen molar-refractivity contribution in [1.82, 2.24) is 15.2 Å². The molecule has 2 heterocycles. The molecular formula is C27H32ClN3O2S. The fourth-order valence-electron chi connectivity index (χ4n) is 4.97. The number of fused-ring (bicyclic) bond motifs is 1. The molecule has 1 aliphatic heterocycles. The summed E-state index contributed by atoms with van der Waals surface area (Å²) in [7, 11) is 0. The topological polar surface area (TPSA) is 58.5 Å². The van der Waals surface area contributed by atoms with E-state index < -0.39 is 6.10 Å². The number of aliphatic hydroxyl groups is 1. The Morgan fingerprint density at radius 2 is 1.94 bits per heavy atom. The SMILES string of the molecule is CCNC(=S)NCC1CC(O)CC(n2cc(Cc3ccc(C4CC4)cc3)c3c(Cl)cccc32)O1. The summed E-state index contributed by atoms with van der Waals surface area (Å²) < 4.78 is 8.59. The minimum atomic E-state index is -0.437. The monoisotopic (exact) mass is 497 g/mol. The van der Waals surface area contributed by atoms with Crippen LogP contribution in [0.25, 0.3) is 10.9 Å². The zero-order valence-electron chi connectivity index (χ0n) is 19.5. The van der Waals surface area contributed by atoms with Crippen molar-refractivity contribution in [2.24, 2.45) is 0 Å². The summed E-state index contributed by atoms with van der Waals surface area (Å²) in [5, 5.41) is 19.3. The number of hydrogen-bond donors (Lipinski definition) is 3. The molecule has 2 aliphatic rings. The summed E-state index contributed by atoms with van der Waals surface area (Å²) >= 11 is 12.0. The Morgan fingerprint density at radius 3 is 2.68 bits per heavy atom. The van der Waals surface area contributed by atoms with E-state index >= 15 is 0 Å². The molecule has 3 aromatic rings. The number of halogens is 1. The Morgan fingerprint density at radius 1 is 1.15 bits per heavy atom. The molecule has 3 N–H and O–H groups in total. The van der Waals surface area contributed by atoms with Crippen molar-refractivity contribution in [3.05, 3.63) is 70.4 Å². The van der Waals surface area contributed by atoms with Crippen molar-refractivity contribution in [3.63, 3.8) is 0 Å². The summed E-state index contributed by atoms with van der Waals surface area (Å²) in [6, 6.07) is 15.0. The van der Waals surface area contributed by atoms with Crippen LogP contribution in [0.15, 0.2) is 48.7 Å². The largest absolute Gasteiger partial charge is 0.393 e. The number of nitrogens with zero attached hydrogens (tertiary/aromatic N) is 1. The second kappa shape index (κ2) is 10.2. The van der Waals surface area contributed by atoms with Crippen LogP contribution in [-0.4, -0.2) is 40.1 Å². The lowest BCUT2D eigenvalue weighted by atomic mass is 10.0. The van der Waals surface area contributed by atoms with Crippen molar-refractivity contribution in [2.45, 2.75) is 63.4 Å². The van der Waals surface area contributed by atoms with E-state index in [2.05, 4.69) is 51.7 Å². The molecule has 0 bridgehead atoms. The predicted molar refractivity (Wildman–Crippen MR) is 142 cm³/mol. The van der Waals surface area contributed by atoms with Gasteiger partial charge in [-0.2, -0.15) is 0 Å². The van der Waals surface area contributed by atoms with Crippen LogP contribution in [-0.2, 0) is 11.2 Å². The lowest BCUT2D eigenvalue weighted by Crippen LogP contribution is -2.44. The lowest BCUT2D eigenvalue weighted by Gasteiger charge is -2.34. The van der Waals surface area contributed by atoms with Gasteiger partial charge in [0.2, 0.25) is 0 Å². The molecule has 3 unspecified atom stereocenters. The average Bonchev–Trinajstić information content (AvgIpc) is 3.60. The predicted octanol–water partition coefficient (Wildman–Crippen LogP) is 5.29. The van der Waals surface area contributed by atoms with Crippen molar-refractivity contribution >= 4 is 39.8 Å². The first kappa shape index (κ1) is 23.6. The Bertz CT molecular complexity index is 1160. The van der Waals surface area contributed by atoms with Gasteiger partial charge in [-0.3, -0.25) is 0 Å². The average molecular weight is 498 g/mol. The maximum absolute atomic E-state index is 10.6. The van der Waals surface area contributed by atoms with Crippen molar-refractivity contribution in [1.29, 1.82) is 0 Å². The minimum Gasteiger partial charge on any atom is -0.393 e. The molecule has 2 aromatic carbocycles. The number of aliphatic hydroxyl groups excluding tert-OH is 1. The lowest BCUT2D eigenvalue weighted by molar-refractivity contribution is -0.124. The van der Waals surface area contributed by atoms with E-state index in [1.54, 1.807) is 0 Å². The highest BCUT2D eigenvalue weighted by atomic mass is 35.5. The smallest absolute Gasteiger partial charge is 0.166 e. The summed E-state index contributed by atoms with van der Waals surface area (Å²) in [6.45, 7) is 3.33. The third-order valence-electron chi connectivity index (χ3n) is 6.80. The number of ether oxygens (including phenoxy) is 1. The van der Waals surface area contributed by atoms with Crippen LogP contribution in [0.1, 0.15) is 61.4 Å². The summed E-state index contributed by atoms with van der Waals surface area (Å²) in [5.41, 5.74) is 4.92. The second-order valence-corrected chi connectivity index (χ2v) is 10.3. The second-order valence-electron chi connectivity index (χ2n) is 9.47. The van der Waals surface area contributed by atoms with Crippen LogP contribution in [0.4, 0.5) is 0 Å². The van der Waals surface area contributed by atoms with Gasteiger partial charge in [0.25, 0.3) is 0 Å². The van der Waals surface area contributed by atoms with Gasteiger partial charge in [0.05, 0.1) is 22.7 Å². The van der Waals surface area contributed by atoms with Gasteiger partial charge in [-0.1, -0.05) is 41.9 Å².